The molecule has 2 heterocycles. The molecule has 0 saturated heterocycles. The van der Waals surface area contributed by atoms with Crippen LogP contribution < -0.4 is 0 Å². The Bertz CT molecular complexity index is 513. The maximum absolute atomic E-state index is 4.69. The zero-order valence-corrected chi connectivity index (χ0v) is 16.7. The fraction of sp³-hybridized carbons (Fsp3) is 0.200. The third kappa shape index (κ3) is 6.58. The first kappa shape index (κ1) is 18.7. The third-order valence-corrected chi connectivity index (χ3v) is 2.57. The third-order valence-electron chi connectivity index (χ3n) is 1.82. The summed E-state index contributed by atoms with van der Waals surface area (Å²) in [4.78, 5) is 0. The van der Waals surface area contributed by atoms with Crippen molar-refractivity contribution in [2.75, 3.05) is 0 Å². The Hall–Kier alpha value is -0.337. The summed E-state index contributed by atoms with van der Waals surface area (Å²) in [5, 5.41) is 7.96. The van der Waals surface area contributed by atoms with E-state index in [0.717, 1.165) is 11.4 Å². The zero-order chi connectivity index (χ0) is 13.7. The monoisotopic (exact) mass is 378 g/mol. The maximum atomic E-state index is 4.69. The van der Waals surface area contributed by atoms with Crippen molar-refractivity contribution < 1.29 is 19.5 Å². The second-order valence-corrected chi connectivity index (χ2v) is 5.40. The van der Waals surface area contributed by atoms with Gasteiger partial charge in [-0.1, -0.05) is 0 Å². The first-order valence-corrected chi connectivity index (χ1v) is 6.50. The summed E-state index contributed by atoms with van der Waals surface area (Å²) >= 11 is 18.8. The number of thiocarbonyl (C=S) groups is 2. The molecule has 9 heteroatoms. The van der Waals surface area contributed by atoms with E-state index in [4.69, 9.17) is 49.7 Å². The van der Waals surface area contributed by atoms with Crippen LogP contribution in [0.2, 0.25) is 0 Å². The van der Waals surface area contributed by atoms with Crippen LogP contribution in [0.1, 0.15) is 11.4 Å². The Kier molecular flexibility index (Phi) is 8.60. The molecule has 0 unspecified atom stereocenters. The van der Waals surface area contributed by atoms with Gasteiger partial charge in [0, 0.05) is 12.4 Å². The topological polar surface area (TPSA) is 35.6 Å². The molecular formula is C10H10N4S4Zn. The minimum atomic E-state index is 0. The number of nitrogens with zero attached hydrogens (tertiary/aromatic N) is 4. The van der Waals surface area contributed by atoms with Gasteiger partial charge < -0.3 is 49.7 Å². The average Bonchev–Trinajstić information content (AvgIpc) is 2.88. The van der Waals surface area contributed by atoms with Gasteiger partial charge in [0.2, 0.25) is 0 Å². The van der Waals surface area contributed by atoms with Crippen LogP contribution in [0, 0.1) is 13.8 Å². The Morgan fingerprint density at radius 1 is 0.947 bits per heavy atom. The predicted molar refractivity (Wildman–Crippen MR) is 84.7 cm³/mol. The second-order valence-electron chi connectivity index (χ2n) is 3.34. The molecule has 0 amide bonds. The minimum Gasteiger partial charge on any atom is -0.409 e. The van der Waals surface area contributed by atoms with E-state index >= 15 is 0 Å². The Morgan fingerprint density at radius 2 is 1.26 bits per heavy atom. The van der Waals surface area contributed by atoms with Crippen LogP contribution >= 0.6 is 24.4 Å². The van der Waals surface area contributed by atoms with Gasteiger partial charge in [0.25, 0.3) is 0 Å². The van der Waals surface area contributed by atoms with E-state index in [1.165, 1.54) is 9.36 Å². The molecule has 0 fully saturated rings. The summed E-state index contributed by atoms with van der Waals surface area (Å²) in [6.07, 6.45) is 3.51. The smallest absolute Gasteiger partial charge is 0.409 e. The van der Waals surface area contributed by atoms with Gasteiger partial charge in [-0.2, -0.15) is 10.2 Å². The van der Waals surface area contributed by atoms with Crippen molar-refractivity contribution in [1.29, 1.82) is 0 Å². The maximum Gasteiger partial charge on any atom is 2.00 e. The fourth-order valence-electron chi connectivity index (χ4n) is 1.03. The summed E-state index contributed by atoms with van der Waals surface area (Å²) in [6.45, 7) is 3.79. The Labute approximate surface area is 146 Å². The van der Waals surface area contributed by atoms with Gasteiger partial charge in [-0.25, -0.2) is 0 Å². The molecule has 2 aromatic heterocycles. The molecule has 0 bridgehead atoms. The van der Waals surface area contributed by atoms with E-state index in [1.807, 2.05) is 26.0 Å². The number of aromatic nitrogens is 4. The van der Waals surface area contributed by atoms with Crippen molar-refractivity contribution in [2.24, 2.45) is 0 Å². The van der Waals surface area contributed by atoms with Crippen LogP contribution in [0.5, 0.6) is 0 Å². The van der Waals surface area contributed by atoms with Crippen LogP contribution in [0.4, 0.5) is 0 Å². The molecule has 2 aromatic rings. The molecule has 0 atom stereocenters. The SMILES string of the molecule is Cc1ccn(C(=S)[S-])n1.Cc1ccn(C(=S)[S-])n1.[Zn+2]. The van der Waals surface area contributed by atoms with Gasteiger partial charge in [-0.3, -0.25) is 9.36 Å². The predicted octanol–water partition coefficient (Wildman–Crippen LogP) is 1.74. The quantitative estimate of drug-likeness (QED) is 0.394. The molecule has 0 aromatic carbocycles. The molecule has 0 aliphatic rings. The molecule has 2 rings (SSSR count). The minimum absolute atomic E-state index is 0. The number of hydrogen-bond acceptors (Lipinski definition) is 6. The van der Waals surface area contributed by atoms with Crippen molar-refractivity contribution in [3.05, 3.63) is 35.9 Å². The summed E-state index contributed by atoms with van der Waals surface area (Å²) in [7, 11) is 0. The molecule has 0 spiro atoms. The summed E-state index contributed by atoms with van der Waals surface area (Å²) in [6, 6.07) is 3.72. The molecule has 4 nitrogen and oxygen atoms in total. The number of hydrogen-bond donors (Lipinski definition) is 0. The van der Waals surface area contributed by atoms with Gasteiger partial charge in [-0.15, -0.1) is 0 Å². The van der Waals surface area contributed by atoms with Crippen molar-refractivity contribution >= 4 is 58.3 Å². The molecule has 0 saturated carbocycles. The molecule has 96 valence electrons. The van der Waals surface area contributed by atoms with Crippen LogP contribution in [-0.4, -0.2) is 28.2 Å². The van der Waals surface area contributed by atoms with E-state index in [9.17, 15) is 0 Å². The first-order chi connectivity index (χ1) is 8.40. The van der Waals surface area contributed by atoms with Crippen LogP contribution in [0.3, 0.4) is 0 Å². The van der Waals surface area contributed by atoms with Gasteiger partial charge in [0.05, 0.1) is 11.4 Å². The van der Waals surface area contributed by atoms with E-state index in [-0.39, 0.29) is 19.5 Å². The normalized spacial score (nSPS) is 8.95. The van der Waals surface area contributed by atoms with Crippen molar-refractivity contribution in [3.8, 4) is 0 Å². The Balaban J connectivity index is 0.000000324. The van der Waals surface area contributed by atoms with Gasteiger partial charge in [0.15, 0.2) is 0 Å². The van der Waals surface area contributed by atoms with E-state index in [1.54, 1.807) is 12.4 Å². The van der Waals surface area contributed by atoms with Gasteiger partial charge in [0.1, 0.15) is 0 Å². The van der Waals surface area contributed by atoms with E-state index < -0.39 is 0 Å². The number of rotatable bonds is 0. The van der Waals surface area contributed by atoms with Crippen LogP contribution in [0.25, 0.3) is 0 Å². The number of aryl methyl sites for hydroxylation is 2. The van der Waals surface area contributed by atoms with Gasteiger partial charge >= 0.3 is 19.5 Å². The van der Waals surface area contributed by atoms with E-state index in [2.05, 4.69) is 10.2 Å². The van der Waals surface area contributed by atoms with Crippen molar-refractivity contribution in [2.45, 2.75) is 13.8 Å². The molecule has 0 N–H and O–H groups in total. The van der Waals surface area contributed by atoms with E-state index in [0.29, 0.717) is 8.64 Å². The van der Waals surface area contributed by atoms with Crippen LogP contribution in [0.15, 0.2) is 24.5 Å². The van der Waals surface area contributed by atoms with Crippen LogP contribution in [-0.2, 0) is 44.7 Å². The molecular weight excluding hydrogens is 370 g/mol. The largest absolute Gasteiger partial charge is 2.00 e. The molecule has 0 aliphatic heterocycles. The first-order valence-electron chi connectivity index (χ1n) is 4.87. The average molecular weight is 380 g/mol. The second kappa shape index (κ2) is 8.76. The molecule has 0 radical (unpaired) electrons. The molecule has 0 aliphatic carbocycles. The summed E-state index contributed by atoms with van der Waals surface area (Å²) in [5.74, 6) is 0. The zero-order valence-electron chi connectivity index (χ0n) is 10.4. The van der Waals surface area contributed by atoms with Crippen molar-refractivity contribution in [1.82, 2.24) is 19.6 Å². The molecule has 19 heavy (non-hydrogen) atoms. The Morgan fingerprint density at radius 3 is 1.37 bits per heavy atom. The van der Waals surface area contributed by atoms with Gasteiger partial charge in [-0.05, 0) is 34.6 Å². The summed E-state index contributed by atoms with van der Waals surface area (Å²) < 4.78 is 3.73. The van der Waals surface area contributed by atoms with Crippen molar-refractivity contribution in [3.63, 3.8) is 0 Å². The standard InChI is InChI=1S/2C5H6N2S2.Zn/c2*1-4-2-3-7(6-4)5(8)9;/h2*2-3H,1H3,(H,8,9);/q;;+2/p-2. The summed E-state index contributed by atoms with van der Waals surface area (Å²) in [5.41, 5.74) is 1.87. The fourth-order valence-corrected chi connectivity index (χ4v) is 1.44.